The molecule has 0 unspecified atom stereocenters. The summed E-state index contributed by atoms with van der Waals surface area (Å²) in [5.41, 5.74) is 0. The van der Waals surface area contributed by atoms with Crippen LogP contribution in [-0.2, 0) is 14.8 Å². The molecule has 2 saturated heterocycles. The standard InChI is InChI=1S/C15H21N5O3S2/c21-25(22,14-11-17-20(12-14)13-1-8-23-9-2-13)19-6-4-18(5-7-19)15-16-3-10-24-15/h3,10-13H,1-2,4-9H2. The number of hydrogen-bond donors (Lipinski definition) is 0. The van der Waals surface area contributed by atoms with Crippen molar-refractivity contribution in [2.75, 3.05) is 44.3 Å². The van der Waals surface area contributed by atoms with Gasteiger partial charge in [0.2, 0.25) is 10.0 Å². The highest BCUT2D eigenvalue weighted by atomic mass is 32.2. The van der Waals surface area contributed by atoms with Gasteiger partial charge in [-0.3, -0.25) is 4.68 Å². The Balaban J connectivity index is 1.44. The van der Waals surface area contributed by atoms with E-state index in [0.717, 1.165) is 18.0 Å². The van der Waals surface area contributed by atoms with Crippen LogP contribution in [0.25, 0.3) is 0 Å². The highest BCUT2D eigenvalue weighted by Gasteiger charge is 2.31. The van der Waals surface area contributed by atoms with E-state index >= 15 is 0 Å². The molecule has 0 saturated carbocycles. The first kappa shape index (κ1) is 17.0. The number of nitrogens with zero attached hydrogens (tertiary/aromatic N) is 5. The van der Waals surface area contributed by atoms with E-state index in [2.05, 4.69) is 15.0 Å². The predicted octanol–water partition coefficient (Wildman–Crippen LogP) is 1.20. The zero-order valence-electron chi connectivity index (χ0n) is 13.8. The molecule has 0 atom stereocenters. The van der Waals surface area contributed by atoms with Crippen LogP contribution in [-0.4, -0.2) is 66.9 Å². The van der Waals surface area contributed by atoms with Crippen LogP contribution in [0.3, 0.4) is 0 Å². The van der Waals surface area contributed by atoms with Crippen molar-refractivity contribution in [3.05, 3.63) is 24.0 Å². The van der Waals surface area contributed by atoms with E-state index in [-0.39, 0.29) is 10.9 Å². The zero-order chi connectivity index (χ0) is 17.3. The van der Waals surface area contributed by atoms with Crippen molar-refractivity contribution in [3.8, 4) is 0 Å². The molecule has 2 aliphatic rings. The molecule has 25 heavy (non-hydrogen) atoms. The molecule has 0 N–H and O–H groups in total. The van der Waals surface area contributed by atoms with Crippen LogP contribution in [0.2, 0.25) is 0 Å². The zero-order valence-corrected chi connectivity index (χ0v) is 15.5. The van der Waals surface area contributed by atoms with Crippen LogP contribution in [0, 0.1) is 0 Å². The van der Waals surface area contributed by atoms with Gasteiger partial charge in [-0.15, -0.1) is 11.3 Å². The first-order valence-corrected chi connectivity index (χ1v) is 10.7. The Kier molecular flexibility index (Phi) is 4.76. The van der Waals surface area contributed by atoms with Crippen molar-refractivity contribution < 1.29 is 13.2 Å². The minimum atomic E-state index is -3.50. The lowest BCUT2D eigenvalue weighted by atomic mass is 10.1. The average molecular weight is 383 g/mol. The van der Waals surface area contributed by atoms with Gasteiger partial charge in [-0.05, 0) is 12.8 Å². The summed E-state index contributed by atoms with van der Waals surface area (Å²) in [6.45, 7) is 3.63. The van der Waals surface area contributed by atoms with Gasteiger partial charge in [0, 0.05) is 57.2 Å². The molecular weight excluding hydrogens is 362 g/mol. The Hall–Kier alpha value is -1.49. The van der Waals surface area contributed by atoms with Gasteiger partial charge in [0.1, 0.15) is 4.90 Å². The van der Waals surface area contributed by atoms with Crippen molar-refractivity contribution in [1.82, 2.24) is 19.1 Å². The van der Waals surface area contributed by atoms with Crippen LogP contribution in [0.1, 0.15) is 18.9 Å². The number of piperazine rings is 1. The number of aromatic nitrogens is 3. The van der Waals surface area contributed by atoms with Crippen LogP contribution in [0.4, 0.5) is 5.13 Å². The first-order chi connectivity index (χ1) is 12.1. The molecule has 2 aromatic rings. The minimum absolute atomic E-state index is 0.222. The van der Waals surface area contributed by atoms with Crippen LogP contribution >= 0.6 is 11.3 Å². The molecule has 0 aliphatic carbocycles. The molecule has 4 heterocycles. The molecule has 0 bridgehead atoms. The highest BCUT2D eigenvalue weighted by Crippen LogP contribution is 2.25. The number of rotatable bonds is 4. The van der Waals surface area contributed by atoms with Gasteiger partial charge in [0.15, 0.2) is 5.13 Å². The van der Waals surface area contributed by atoms with Crippen molar-refractivity contribution in [1.29, 1.82) is 0 Å². The van der Waals surface area contributed by atoms with Gasteiger partial charge in [0.05, 0.1) is 12.2 Å². The number of ether oxygens (including phenoxy) is 1. The highest BCUT2D eigenvalue weighted by molar-refractivity contribution is 7.89. The van der Waals surface area contributed by atoms with Gasteiger partial charge < -0.3 is 9.64 Å². The van der Waals surface area contributed by atoms with Gasteiger partial charge in [-0.25, -0.2) is 13.4 Å². The molecule has 136 valence electrons. The summed E-state index contributed by atoms with van der Waals surface area (Å²) >= 11 is 1.58. The third-order valence-corrected chi connectivity index (χ3v) is 7.39. The number of anilines is 1. The smallest absolute Gasteiger partial charge is 0.246 e. The topological polar surface area (TPSA) is 80.6 Å². The van der Waals surface area contributed by atoms with E-state index in [1.54, 1.807) is 32.7 Å². The van der Waals surface area contributed by atoms with Crippen molar-refractivity contribution >= 4 is 26.5 Å². The average Bonchev–Trinajstić information content (AvgIpc) is 3.35. The predicted molar refractivity (Wildman–Crippen MR) is 94.4 cm³/mol. The quantitative estimate of drug-likeness (QED) is 0.789. The monoisotopic (exact) mass is 383 g/mol. The summed E-state index contributed by atoms with van der Waals surface area (Å²) in [7, 11) is -3.50. The van der Waals surface area contributed by atoms with E-state index < -0.39 is 10.0 Å². The molecule has 0 amide bonds. The summed E-state index contributed by atoms with van der Waals surface area (Å²) in [5, 5.41) is 7.18. The molecule has 2 aromatic heterocycles. The first-order valence-electron chi connectivity index (χ1n) is 8.41. The number of thiazole rings is 1. The van der Waals surface area contributed by atoms with Crippen LogP contribution < -0.4 is 4.90 Å². The second-order valence-electron chi connectivity index (χ2n) is 6.21. The maximum Gasteiger partial charge on any atom is 0.246 e. The second kappa shape index (κ2) is 7.02. The van der Waals surface area contributed by atoms with Crippen molar-refractivity contribution in [3.63, 3.8) is 0 Å². The molecular formula is C15H21N5O3S2. The molecule has 10 heteroatoms. The lowest BCUT2D eigenvalue weighted by Crippen LogP contribution is -2.48. The molecule has 0 radical (unpaired) electrons. The Morgan fingerprint density at radius 2 is 1.92 bits per heavy atom. The molecule has 2 aliphatic heterocycles. The molecule has 0 aromatic carbocycles. The fourth-order valence-electron chi connectivity index (χ4n) is 3.24. The Morgan fingerprint density at radius 1 is 1.16 bits per heavy atom. The summed E-state index contributed by atoms with van der Waals surface area (Å²) in [4.78, 5) is 6.70. The van der Waals surface area contributed by atoms with Gasteiger partial charge >= 0.3 is 0 Å². The Morgan fingerprint density at radius 3 is 2.60 bits per heavy atom. The largest absolute Gasteiger partial charge is 0.381 e. The van der Waals surface area contributed by atoms with Gasteiger partial charge in [-0.2, -0.15) is 9.40 Å². The fourth-order valence-corrected chi connectivity index (χ4v) is 5.30. The van der Waals surface area contributed by atoms with Gasteiger partial charge in [0.25, 0.3) is 0 Å². The number of hydrogen-bond acceptors (Lipinski definition) is 7. The van der Waals surface area contributed by atoms with Crippen molar-refractivity contribution in [2.45, 2.75) is 23.8 Å². The Labute approximate surface area is 151 Å². The normalized spacial score (nSPS) is 20.9. The van der Waals surface area contributed by atoms with E-state index in [1.165, 1.54) is 6.20 Å². The lowest BCUT2D eigenvalue weighted by molar-refractivity contribution is 0.0662. The molecule has 8 nitrogen and oxygen atoms in total. The molecule has 0 spiro atoms. The molecule has 2 fully saturated rings. The lowest BCUT2D eigenvalue weighted by Gasteiger charge is -2.33. The maximum atomic E-state index is 12.9. The maximum absolute atomic E-state index is 12.9. The van der Waals surface area contributed by atoms with Gasteiger partial charge in [-0.1, -0.05) is 0 Å². The summed E-state index contributed by atoms with van der Waals surface area (Å²) in [6, 6.07) is 0.222. The SMILES string of the molecule is O=S(=O)(c1cnn(C2CCOCC2)c1)N1CCN(c2nccs2)CC1. The fraction of sp³-hybridized carbons (Fsp3) is 0.600. The van der Waals surface area contributed by atoms with E-state index in [1.807, 2.05) is 5.38 Å². The Bertz CT molecular complexity index is 791. The second-order valence-corrected chi connectivity index (χ2v) is 9.02. The van der Waals surface area contributed by atoms with E-state index in [0.29, 0.717) is 39.4 Å². The third-order valence-electron chi connectivity index (χ3n) is 4.71. The van der Waals surface area contributed by atoms with Crippen LogP contribution in [0.5, 0.6) is 0 Å². The minimum Gasteiger partial charge on any atom is -0.381 e. The summed E-state index contributed by atoms with van der Waals surface area (Å²) in [5.74, 6) is 0. The molecule has 4 rings (SSSR count). The third kappa shape index (κ3) is 3.43. The van der Waals surface area contributed by atoms with Crippen molar-refractivity contribution in [2.24, 2.45) is 0 Å². The van der Waals surface area contributed by atoms with E-state index in [4.69, 9.17) is 4.74 Å². The summed E-state index contributed by atoms with van der Waals surface area (Å²) < 4.78 is 34.5. The van der Waals surface area contributed by atoms with Crippen LogP contribution in [0.15, 0.2) is 28.9 Å². The van der Waals surface area contributed by atoms with E-state index in [9.17, 15) is 8.42 Å². The summed E-state index contributed by atoms with van der Waals surface area (Å²) in [6.07, 6.45) is 6.64. The number of sulfonamides is 1.